The molecule has 0 N–H and O–H groups in total. The van der Waals surface area contributed by atoms with Crippen molar-refractivity contribution in [2.75, 3.05) is 19.8 Å². The van der Waals surface area contributed by atoms with Crippen LogP contribution in [0, 0.1) is 17.2 Å². The molecule has 0 aliphatic rings. The monoisotopic (exact) mass is 245 g/mol. The Kier molecular flexibility index (Phi) is 8.48. The predicted molar refractivity (Wildman–Crippen MR) is 64.8 cm³/mol. The van der Waals surface area contributed by atoms with E-state index in [9.17, 15) is 0 Å². The van der Waals surface area contributed by atoms with Gasteiger partial charge in [-0.05, 0) is 34.1 Å². The first-order valence-electron chi connectivity index (χ1n) is 5.95. The number of nitrogens with zero attached hydrogens (tertiary/aromatic N) is 1. The molecule has 0 aliphatic heterocycles. The second-order valence-corrected chi connectivity index (χ2v) is 6.28. The minimum Gasteiger partial charge on any atom is -0.374 e. The standard InChI is InChI=1S/C11H23NO3Si/c1-5-13-16(14-6-2,15-7-3)9-8-11(4)10-12/h11H,5-9H2,1-4H3/t11-/m1/s1. The van der Waals surface area contributed by atoms with Gasteiger partial charge in [0.2, 0.25) is 0 Å². The Morgan fingerprint density at radius 3 is 1.81 bits per heavy atom. The fourth-order valence-electron chi connectivity index (χ4n) is 1.46. The second kappa shape index (κ2) is 8.71. The Hall–Kier alpha value is -0.413. The largest absolute Gasteiger partial charge is 0.500 e. The van der Waals surface area contributed by atoms with Gasteiger partial charge in [0, 0.05) is 31.8 Å². The second-order valence-electron chi connectivity index (χ2n) is 3.55. The molecule has 0 saturated heterocycles. The molecule has 0 rings (SSSR count). The zero-order chi connectivity index (χ0) is 12.4. The molecule has 0 radical (unpaired) electrons. The average Bonchev–Trinajstić information content (AvgIpc) is 2.27. The van der Waals surface area contributed by atoms with Crippen molar-refractivity contribution in [1.82, 2.24) is 0 Å². The van der Waals surface area contributed by atoms with Crippen molar-refractivity contribution in [3.05, 3.63) is 0 Å². The summed E-state index contributed by atoms with van der Waals surface area (Å²) in [4.78, 5) is 0. The third kappa shape index (κ3) is 5.61. The topological polar surface area (TPSA) is 51.5 Å². The summed E-state index contributed by atoms with van der Waals surface area (Å²) >= 11 is 0. The van der Waals surface area contributed by atoms with Gasteiger partial charge in [-0.2, -0.15) is 5.26 Å². The summed E-state index contributed by atoms with van der Waals surface area (Å²) in [7, 11) is -2.53. The van der Waals surface area contributed by atoms with Crippen LogP contribution in [-0.4, -0.2) is 28.6 Å². The molecule has 0 aliphatic carbocycles. The Balaban J connectivity index is 4.41. The Labute approximate surface area is 99.9 Å². The normalized spacial score (nSPS) is 13.4. The van der Waals surface area contributed by atoms with E-state index >= 15 is 0 Å². The van der Waals surface area contributed by atoms with E-state index < -0.39 is 8.80 Å². The molecule has 0 amide bonds. The molecule has 0 aromatic carbocycles. The Morgan fingerprint density at radius 2 is 1.50 bits per heavy atom. The van der Waals surface area contributed by atoms with Crippen LogP contribution in [0.4, 0.5) is 0 Å². The molecular formula is C11H23NO3Si. The minimum atomic E-state index is -2.53. The third-order valence-electron chi connectivity index (χ3n) is 2.20. The zero-order valence-electron chi connectivity index (χ0n) is 10.8. The van der Waals surface area contributed by atoms with Gasteiger partial charge in [-0.3, -0.25) is 0 Å². The van der Waals surface area contributed by atoms with Crippen molar-refractivity contribution in [1.29, 1.82) is 5.26 Å². The van der Waals surface area contributed by atoms with Crippen LogP contribution in [0.25, 0.3) is 0 Å². The van der Waals surface area contributed by atoms with Crippen LogP contribution in [0.15, 0.2) is 0 Å². The van der Waals surface area contributed by atoms with Gasteiger partial charge in [-0.15, -0.1) is 0 Å². The van der Waals surface area contributed by atoms with Crippen LogP contribution in [-0.2, 0) is 13.3 Å². The molecule has 5 heteroatoms. The van der Waals surface area contributed by atoms with Crippen LogP contribution in [0.5, 0.6) is 0 Å². The average molecular weight is 245 g/mol. The van der Waals surface area contributed by atoms with E-state index in [0.717, 1.165) is 12.5 Å². The zero-order valence-corrected chi connectivity index (χ0v) is 11.8. The van der Waals surface area contributed by atoms with Gasteiger partial charge in [0.1, 0.15) is 0 Å². The van der Waals surface area contributed by atoms with E-state index in [4.69, 9.17) is 18.5 Å². The maximum Gasteiger partial charge on any atom is 0.500 e. The molecule has 0 heterocycles. The van der Waals surface area contributed by atoms with E-state index in [2.05, 4.69) is 6.07 Å². The van der Waals surface area contributed by atoms with Gasteiger partial charge in [0.25, 0.3) is 0 Å². The molecular weight excluding hydrogens is 222 g/mol. The highest BCUT2D eigenvalue weighted by Gasteiger charge is 2.40. The molecule has 1 atom stereocenters. The Bertz CT molecular complexity index is 201. The quantitative estimate of drug-likeness (QED) is 0.586. The fraction of sp³-hybridized carbons (Fsp3) is 0.909. The van der Waals surface area contributed by atoms with E-state index in [1.807, 2.05) is 27.7 Å². The first kappa shape index (κ1) is 15.6. The summed E-state index contributed by atoms with van der Waals surface area (Å²) in [5, 5.41) is 8.76. The van der Waals surface area contributed by atoms with Gasteiger partial charge in [-0.1, -0.05) is 0 Å². The van der Waals surface area contributed by atoms with Crippen molar-refractivity contribution in [2.45, 2.75) is 40.2 Å². The van der Waals surface area contributed by atoms with Gasteiger partial charge < -0.3 is 13.3 Å². The van der Waals surface area contributed by atoms with E-state index in [-0.39, 0.29) is 5.92 Å². The van der Waals surface area contributed by atoms with Gasteiger partial charge in [0.05, 0.1) is 6.07 Å². The summed E-state index contributed by atoms with van der Waals surface area (Å²) in [5.74, 6) is 0.0215. The minimum absolute atomic E-state index is 0.0215. The lowest BCUT2D eigenvalue weighted by Crippen LogP contribution is -2.46. The van der Waals surface area contributed by atoms with Crippen LogP contribution in [0.2, 0.25) is 6.04 Å². The van der Waals surface area contributed by atoms with Crippen LogP contribution < -0.4 is 0 Å². The van der Waals surface area contributed by atoms with Crippen molar-refractivity contribution < 1.29 is 13.3 Å². The lowest BCUT2D eigenvalue weighted by molar-refractivity contribution is 0.0702. The van der Waals surface area contributed by atoms with E-state index in [0.29, 0.717) is 19.8 Å². The number of hydrogen-bond donors (Lipinski definition) is 0. The molecule has 0 spiro atoms. The highest BCUT2D eigenvalue weighted by Crippen LogP contribution is 2.20. The molecule has 4 nitrogen and oxygen atoms in total. The molecule has 94 valence electrons. The number of rotatable bonds is 9. The fourth-order valence-corrected chi connectivity index (χ4v) is 4.25. The molecule has 0 saturated carbocycles. The lowest BCUT2D eigenvalue weighted by Gasteiger charge is -2.28. The highest BCUT2D eigenvalue weighted by atomic mass is 28.4. The summed E-state index contributed by atoms with van der Waals surface area (Å²) in [6, 6.07) is 2.94. The van der Waals surface area contributed by atoms with Crippen LogP contribution in [0.3, 0.4) is 0 Å². The van der Waals surface area contributed by atoms with Crippen molar-refractivity contribution in [3.63, 3.8) is 0 Å². The highest BCUT2D eigenvalue weighted by molar-refractivity contribution is 6.60. The molecule has 0 fully saturated rings. The van der Waals surface area contributed by atoms with E-state index in [1.54, 1.807) is 0 Å². The van der Waals surface area contributed by atoms with Crippen molar-refractivity contribution in [3.8, 4) is 6.07 Å². The van der Waals surface area contributed by atoms with Crippen molar-refractivity contribution >= 4 is 8.80 Å². The molecule has 0 aromatic heterocycles. The summed E-state index contributed by atoms with van der Waals surface area (Å²) in [5.41, 5.74) is 0. The third-order valence-corrected chi connectivity index (χ3v) is 5.28. The number of hydrogen-bond acceptors (Lipinski definition) is 4. The molecule has 0 unspecified atom stereocenters. The smallest absolute Gasteiger partial charge is 0.374 e. The first-order chi connectivity index (χ1) is 7.64. The maximum atomic E-state index is 8.76. The number of nitriles is 1. The van der Waals surface area contributed by atoms with Crippen molar-refractivity contribution in [2.24, 2.45) is 5.92 Å². The Morgan fingerprint density at radius 1 is 1.06 bits per heavy atom. The summed E-state index contributed by atoms with van der Waals surface area (Å²) in [6.07, 6.45) is 0.767. The van der Waals surface area contributed by atoms with Gasteiger partial charge in [-0.25, -0.2) is 0 Å². The molecule has 0 bridgehead atoms. The van der Waals surface area contributed by atoms with Crippen LogP contribution >= 0.6 is 0 Å². The predicted octanol–water partition coefficient (Wildman–Crippen LogP) is 2.58. The van der Waals surface area contributed by atoms with Gasteiger partial charge in [0.15, 0.2) is 0 Å². The summed E-state index contributed by atoms with van der Waals surface area (Å²) in [6.45, 7) is 9.49. The van der Waals surface area contributed by atoms with E-state index in [1.165, 1.54) is 0 Å². The molecule has 16 heavy (non-hydrogen) atoms. The summed E-state index contributed by atoms with van der Waals surface area (Å²) < 4.78 is 17.1. The lowest BCUT2D eigenvalue weighted by atomic mass is 10.1. The van der Waals surface area contributed by atoms with Crippen LogP contribution in [0.1, 0.15) is 34.1 Å². The SMILES string of the molecule is CCO[Si](CC[C@@H](C)C#N)(OCC)OCC. The maximum absolute atomic E-state index is 8.76. The van der Waals surface area contributed by atoms with Gasteiger partial charge >= 0.3 is 8.80 Å². The first-order valence-corrected chi connectivity index (χ1v) is 7.88. The molecule has 0 aromatic rings.